The summed E-state index contributed by atoms with van der Waals surface area (Å²) in [5.74, 6) is 0. The molecule has 5 heteroatoms. The third-order valence-corrected chi connectivity index (χ3v) is 3.08. The van der Waals surface area contributed by atoms with Crippen molar-refractivity contribution in [2.75, 3.05) is 31.2 Å². The Hall–Kier alpha value is -1.62. The van der Waals surface area contributed by atoms with Crippen molar-refractivity contribution in [2.24, 2.45) is 0 Å². The molecule has 5 nitrogen and oxygen atoms in total. The van der Waals surface area contributed by atoms with Crippen molar-refractivity contribution >= 4 is 11.3 Å². The number of aryl methyl sites for hydroxylation is 1. The summed E-state index contributed by atoms with van der Waals surface area (Å²) in [5.41, 5.74) is 3.12. The van der Waals surface area contributed by atoms with E-state index < -0.39 is 0 Å². The molecular formula is C12H16N4O. The van der Waals surface area contributed by atoms with Crippen molar-refractivity contribution in [3.05, 3.63) is 24.2 Å². The van der Waals surface area contributed by atoms with Crippen molar-refractivity contribution in [3.8, 4) is 0 Å². The fraction of sp³-hybridized carbons (Fsp3) is 0.500. The maximum absolute atomic E-state index is 5.49. The Morgan fingerprint density at radius 1 is 1.29 bits per heavy atom. The molecule has 17 heavy (non-hydrogen) atoms. The maximum Gasteiger partial charge on any atom is 0.178 e. The quantitative estimate of drug-likeness (QED) is 0.742. The second-order valence-corrected chi connectivity index (χ2v) is 4.27. The molecular weight excluding hydrogens is 216 g/mol. The number of rotatable bonds is 1. The Morgan fingerprint density at radius 3 is 3.18 bits per heavy atom. The van der Waals surface area contributed by atoms with E-state index in [4.69, 9.17) is 4.74 Å². The lowest BCUT2D eigenvalue weighted by Gasteiger charge is -2.20. The first-order chi connectivity index (χ1) is 8.36. The Kier molecular flexibility index (Phi) is 2.68. The molecule has 0 aromatic carbocycles. The van der Waals surface area contributed by atoms with Gasteiger partial charge in [-0.15, -0.1) is 0 Å². The topological polar surface area (TPSA) is 42.7 Å². The number of fused-ring (bicyclic) bond motifs is 1. The van der Waals surface area contributed by atoms with Gasteiger partial charge in [-0.2, -0.15) is 5.10 Å². The monoisotopic (exact) mass is 232 g/mol. The summed E-state index contributed by atoms with van der Waals surface area (Å²) in [4.78, 5) is 6.76. The number of hydrogen-bond acceptors (Lipinski definition) is 4. The van der Waals surface area contributed by atoms with Gasteiger partial charge in [0.1, 0.15) is 5.69 Å². The van der Waals surface area contributed by atoms with Gasteiger partial charge in [-0.05, 0) is 19.4 Å². The van der Waals surface area contributed by atoms with Gasteiger partial charge in [0.25, 0.3) is 0 Å². The van der Waals surface area contributed by atoms with E-state index in [1.54, 1.807) is 0 Å². The highest BCUT2D eigenvalue weighted by atomic mass is 16.5. The molecule has 1 saturated heterocycles. The molecule has 90 valence electrons. The third kappa shape index (κ3) is 1.86. The van der Waals surface area contributed by atoms with Crippen molar-refractivity contribution in [2.45, 2.75) is 13.3 Å². The predicted molar refractivity (Wildman–Crippen MR) is 65.4 cm³/mol. The van der Waals surface area contributed by atoms with Gasteiger partial charge in [0.2, 0.25) is 0 Å². The Labute approximate surface area is 100 Å². The Morgan fingerprint density at radius 2 is 2.24 bits per heavy atom. The van der Waals surface area contributed by atoms with Crippen LogP contribution in [0.3, 0.4) is 0 Å². The van der Waals surface area contributed by atoms with E-state index in [9.17, 15) is 0 Å². The van der Waals surface area contributed by atoms with E-state index in [0.717, 1.165) is 49.8 Å². The van der Waals surface area contributed by atoms with Gasteiger partial charge in [-0.1, -0.05) is 0 Å². The Bertz CT molecular complexity index is 514. The molecule has 1 fully saturated rings. The van der Waals surface area contributed by atoms with Gasteiger partial charge in [0.15, 0.2) is 5.65 Å². The summed E-state index contributed by atoms with van der Waals surface area (Å²) in [5, 5.41) is 4.49. The molecule has 0 spiro atoms. The average Bonchev–Trinajstić information content (AvgIpc) is 2.53. The molecule has 2 aromatic rings. The minimum absolute atomic E-state index is 0.781. The second-order valence-electron chi connectivity index (χ2n) is 4.27. The number of ether oxygens (including phenoxy) is 1. The standard InChI is InChI=1S/C12H16N4O/c1-10-11(15-5-3-8-17-9-7-15)12-13-4-2-6-16(12)14-10/h2,4,6H,3,5,7-9H2,1H3. The van der Waals surface area contributed by atoms with Gasteiger partial charge < -0.3 is 9.64 Å². The van der Waals surface area contributed by atoms with Crippen LogP contribution < -0.4 is 4.90 Å². The zero-order chi connectivity index (χ0) is 11.7. The molecule has 0 radical (unpaired) electrons. The maximum atomic E-state index is 5.49. The van der Waals surface area contributed by atoms with Gasteiger partial charge in [0.05, 0.1) is 12.3 Å². The molecule has 1 aliphatic rings. The SMILES string of the molecule is Cc1nn2cccnc2c1N1CCCOCC1. The fourth-order valence-electron chi connectivity index (χ4n) is 2.32. The molecule has 0 unspecified atom stereocenters. The molecule has 0 aliphatic carbocycles. The van der Waals surface area contributed by atoms with Crippen molar-refractivity contribution < 1.29 is 4.74 Å². The number of aromatic nitrogens is 3. The van der Waals surface area contributed by atoms with Crippen molar-refractivity contribution in [3.63, 3.8) is 0 Å². The van der Waals surface area contributed by atoms with Crippen LogP contribution in [0.15, 0.2) is 18.5 Å². The van der Waals surface area contributed by atoms with E-state index in [0.29, 0.717) is 0 Å². The summed E-state index contributed by atoms with van der Waals surface area (Å²) < 4.78 is 7.33. The Balaban J connectivity index is 2.05. The van der Waals surface area contributed by atoms with Crippen LogP contribution in [0.25, 0.3) is 5.65 Å². The van der Waals surface area contributed by atoms with E-state index in [1.807, 2.05) is 29.9 Å². The summed E-state index contributed by atoms with van der Waals surface area (Å²) in [6.07, 6.45) is 4.81. The van der Waals surface area contributed by atoms with Crippen LogP contribution in [0.1, 0.15) is 12.1 Å². The lowest BCUT2D eigenvalue weighted by atomic mass is 10.3. The third-order valence-electron chi connectivity index (χ3n) is 3.08. The molecule has 0 N–H and O–H groups in total. The minimum atomic E-state index is 0.781. The normalized spacial score (nSPS) is 17.4. The molecule has 1 aliphatic heterocycles. The zero-order valence-electron chi connectivity index (χ0n) is 9.96. The van der Waals surface area contributed by atoms with Crippen LogP contribution in [-0.2, 0) is 4.74 Å². The highest BCUT2D eigenvalue weighted by Gasteiger charge is 2.18. The first-order valence-electron chi connectivity index (χ1n) is 5.99. The fourth-order valence-corrected chi connectivity index (χ4v) is 2.32. The average molecular weight is 232 g/mol. The first kappa shape index (κ1) is 10.5. The van der Waals surface area contributed by atoms with Crippen molar-refractivity contribution in [1.29, 1.82) is 0 Å². The van der Waals surface area contributed by atoms with Gasteiger partial charge in [-0.3, -0.25) is 0 Å². The van der Waals surface area contributed by atoms with Crippen LogP contribution in [0, 0.1) is 6.92 Å². The van der Waals surface area contributed by atoms with Crippen LogP contribution in [-0.4, -0.2) is 40.9 Å². The molecule has 2 aromatic heterocycles. The van der Waals surface area contributed by atoms with Gasteiger partial charge in [0, 0.05) is 32.1 Å². The lowest BCUT2D eigenvalue weighted by molar-refractivity contribution is 0.152. The number of hydrogen-bond donors (Lipinski definition) is 0. The highest BCUT2D eigenvalue weighted by Crippen LogP contribution is 2.24. The molecule has 3 heterocycles. The lowest BCUT2D eigenvalue weighted by Crippen LogP contribution is -2.26. The highest BCUT2D eigenvalue weighted by molar-refractivity contribution is 5.71. The molecule has 0 amide bonds. The van der Waals surface area contributed by atoms with E-state index in [-0.39, 0.29) is 0 Å². The number of anilines is 1. The minimum Gasteiger partial charge on any atom is -0.380 e. The van der Waals surface area contributed by atoms with Crippen LogP contribution >= 0.6 is 0 Å². The molecule has 0 saturated carbocycles. The smallest absolute Gasteiger partial charge is 0.178 e. The summed E-state index contributed by atoms with van der Waals surface area (Å²) in [6, 6.07) is 1.90. The number of nitrogens with zero attached hydrogens (tertiary/aromatic N) is 4. The van der Waals surface area contributed by atoms with Crippen LogP contribution in [0.4, 0.5) is 5.69 Å². The zero-order valence-corrected chi connectivity index (χ0v) is 9.96. The molecule has 3 rings (SSSR count). The van der Waals surface area contributed by atoms with E-state index >= 15 is 0 Å². The van der Waals surface area contributed by atoms with E-state index in [1.165, 1.54) is 0 Å². The largest absolute Gasteiger partial charge is 0.380 e. The van der Waals surface area contributed by atoms with E-state index in [2.05, 4.69) is 15.0 Å². The first-order valence-corrected chi connectivity index (χ1v) is 5.99. The van der Waals surface area contributed by atoms with Crippen LogP contribution in [0.2, 0.25) is 0 Å². The van der Waals surface area contributed by atoms with Gasteiger partial charge >= 0.3 is 0 Å². The summed E-state index contributed by atoms with van der Waals surface area (Å²) in [7, 11) is 0. The summed E-state index contributed by atoms with van der Waals surface area (Å²) >= 11 is 0. The predicted octanol–water partition coefficient (Wildman–Crippen LogP) is 1.26. The second kappa shape index (κ2) is 4.33. The summed E-state index contributed by atoms with van der Waals surface area (Å²) in [6.45, 7) is 5.60. The molecule has 0 bridgehead atoms. The van der Waals surface area contributed by atoms with Crippen molar-refractivity contribution in [1.82, 2.24) is 14.6 Å². The van der Waals surface area contributed by atoms with Gasteiger partial charge in [-0.25, -0.2) is 9.50 Å². The van der Waals surface area contributed by atoms with Crippen LogP contribution in [0.5, 0.6) is 0 Å². The molecule has 0 atom stereocenters.